The van der Waals surface area contributed by atoms with Crippen LogP contribution < -0.4 is 4.74 Å². The third kappa shape index (κ3) is 3.51. The number of aliphatic hydroxyl groups excluding tert-OH is 1. The molecule has 5 nitrogen and oxygen atoms in total. The molecule has 0 saturated carbocycles. The second-order valence-electron chi connectivity index (χ2n) is 5.67. The maximum atomic E-state index is 12.4. The van der Waals surface area contributed by atoms with Gasteiger partial charge in [-0.25, -0.2) is 4.79 Å². The average molecular weight is 316 g/mol. The molecule has 0 aliphatic heterocycles. The first-order valence-corrected chi connectivity index (χ1v) is 7.37. The number of ether oxygens (including phenoxy) is 1. The zero-order valence-electron chi connectivity index (χ0n) is 13.3. The summed E-state index contributed by atoms with van der Waals surface area (Å²) in [4.78, 5) is 23.2. The number of rotatable bonds is 6. The standard InChI is InChI=1S/C18H20O5/c1-10(16(19)11(2)17(20)18(21)22)12-4-5-14-9-15(23-3)7-6-13(14)8-12/h4-11,17,20H,1-3H3,(H,21,22)/t10?,11-,17+/m0/s1. The first-order valence-electron chi connectivity index (χ1n) is 7.37. The molecule has 3 atom stereocenters. The van der Waals surface area contributed by atoms with Crippen molar-refractivity contribution in [3.8, 4) is 5.75 Å². The van der Waals surface area contributed by atoms with Crippen molar-refractivity contribution >= 4 is 22.5 Å². The van der Waals surface area contributed by atoms with Gasteiger partial charge in [-0.2, -0.15) is 0 Å². The molecule has 2 aromatic rings. The van der Waals surface area contributed by atoms with Crippen molar-refractivity contribution in [3.05, 3.63) is 42.0 Å². The van der Waals surface area contributed by atoms with Crippen molar-refractivity contribution in [1.82, 2.24) is 0 Å². The summed E-state index contributed by atoms with van der Waals surface area (Å²) in [6.45, 7) is 3.15. The number of carboxylic acids is 1. The highest BCUT2D eigenvalue weighted by Crippen LogP contribution is 2.27. The summed E-state index contributed by atoms with van der Waals surface area (Å²) in [5, 5.41) is 20.3. The summed E-state index contributed by atoms with van der Waals surface area (Å²) in [7, 11) is 1.60. The molecule has 0 aromatic heterocycles. The molecule has 5 heteroatoms. The zero-order chi connectivity index (χ0) is 17.1. The van der Waals surface area contributed by atoms with E-state index in [2.05, 4.69) is 0 Å². The Morgan fingerprint density at radius 1 is 1.04 bits per heavy atom. The minimum atomic E-state index is -1.69. The van der Waals surface area contributed by atoms with Gasteiger partial charge in [-0.1, -0.05) is 38.1 Å². The van der Waals surface area contributed by atoms with Crippen molar-refractivity contribution in [3.63, 3.8) is 0 Å². The number of methoxy groups -OCH3 is 1. The van der Waals surface area contributed by atoms with Gasteiger partial charge in [0.25, 0.3) is 0 Å². The molecule has 2 aromatic carbocycles. The van der Waals surface area contributed by atoms with Crippen molar-refractivity contribution in [1.29, 1.82) is 0 Å². The molecule has 23 heavy (non-hydrogen) atoms. The summed E-state index contributed by atoms with van der Waals surface area (Å²) < 4.78 is 5.18. The Bertz CT molecular complexity index is 737. The Morgan fingerprint density at radius 3 is 2.26 bits per heavy atom. The number of benzene rings is 2. The number of carbonyl (C=O) groups is 2. The van der Waals surface area contributed by atoms with Crippen LogP contribution in [0.3, 0.4) is 0 Å². The third-order valence-corrected chi connectivity index (χ3v) is 4.17. The molecule has 0 heterocycles. The Hall–Kier alpha value is -2.40. The fourth-order valence-corrected chi connectivity index (χ4v) is 2.57. The van der Waals surface area contributed by atoms with Crippen molar-refractivity contribution in [2.75, 3.05) is 7.11 Å². The van der Waals surface area contributed by atoms with Crippen LogP contribution in [-0.4, -0.2) is 35.2 Å². The molecule has 0 amide bonds. The summed E-state index contributed by atoms with van der Waals surface area (Å²) in [6, 6.07) is 11.3. The smallest absolute Gasteiger partial charge is 0.333 e. The van der Waals surface area contributed by atoms with E-state index in [4.69, 9.17) is 9.84 Å². The van der Waals surface area contributed by atoms with Crippen LogP contribution >= 0.6 is 0 Å². The Kier molecular flexibility index (Phi) is 5.01. The van der Waals surface area contributed by atoms with Crippen LogP contribution in [-0.2, 0) is 9.59 Å². The monoisotopic (exact) mass is 316 g/mol. The van der Waals surface area contributed by atoms with E-state index in [1.165, 1.54) is 6.92 Å². The second kappa shape index (κ2) is 6.79. The second-order valence-corrected chi connectivity index (χ2v) is 5.67. The van der Waals surface area contributed by atoms with Gasteiger partial charge in [0.05, 0.1) is 13.0 Å². The topological polar surface area (TPSA) is 83.8 Å². The van der Waals surface area contributed by atoms with Crippen LogP contribution in [0.25, 0.3) is 10.8 Å². The molecule has 2 rings (SSSR count). The highest BCUT2D eigenvalue weighted by atomic mass is 16.5. The summed E-state index contributed by atoms with van der Waals surface area (Å²) in [5.41, 5.74) is 0.789. The van der Waals surface area contributed by atoms with Crippen LogP contribution in [0.15, 0.2) is 36.4 Å². The highest BCUT2D eigenvalue weighted by Gasteiger charge is 2.31. The van der Waals surface area contributed by atoms with Gasteiger partial charge in [0, 0.05) is 5.92 Å². The largest absolute Gasteiger partial charge is 0.497 e. The maximum absolute atomic E-state index is 12.4. The van der Waals surface area contributed by atoms with Gasteiger partial charge in [-0.3, -0.25) is 4.79 Å². The number of carboxylic acid groups (broad SMARTS) is 1. The fourth-order valence-electron chi connectivity index (χ4n) is 2.57. The first kappa shape index (κ1) is 17.0. The van der Waals surface area contributed by atoms with E-state index in [0.717, 1.165) is 22.1 Å². The molecule has 1 unspecified atom stereocenters. The lowest BCUT2D eigenvalue weighted by Gasteiger charge is -2.19. The highest BCUT2D eigenvalue weighted by molar-refractivity contribution is 5.93. The Morgan fingerprint density at radius 2 is 1.65 bits per heavy atom. The van der Waals surface area contributed by atoms with Crippen molar-refractivity contribution < 1.29 is 24.5 Å². The molecule has 2 N–H and O–H groups in total. The van der Waals surface area contributed by atoms with Gasteiger partial charge in [0.1, 0.15) is 11.5 Å². The lowest BCUT2D eigenvalue weighted by molar-refractivity contribution is -0.152. The molecule has 0 aliphatic carbocycles. The van der Waals surface area contributed by atoms with Crippen LogP contribution in [0.5, 0.6) is 5.75 Å². The number of fused-ring (bicyclic) bond motifs is 1. The third-order valence-electron chi connectivity index (χ3n) is 4.17. The van der Waals surface area contributed by atoms with E-state index < -0.39 is 23.9 Å². The minimum Gasteiger partial charge on any atom is -0.497 e. The zero-order valence-corrected chi connectivity index (χ0v) is 13.3. The lowest BCUT2D eigenvalue weighted by atomic mass is 9.86. The Balaban J connectivity index is 2.28. The summed E-state index contributed by atoms with van der Waals surface area (Å²) in [5.74, 6) is -2.39. The predicted molar refractivity (Wildman–Crippen MR) is 86.7 cm³/mol. The van der Waals surface area contributed by atoms with E-state index >= 15 is 0 Å². The molecule has 0 fully saturated rings. The molecule has 0 aliphatic rings. The molecule has 0 bridgehead atoms. The molecule has 0 radical (unpaired) electrons. The molecule has 122 valence electrons. The van der Waals surface area contributed by atoms with Crippen LogP contribution in [0, 0.1) is 5.92 Å². The van der Waals surface area contributed by atoms with Gasteiger partial charge >= 0.3 is 5.97 Å². The number of Topliss-reactive ketones (excluding diaryl/α,β-unsaturated/α-hetero) is 1. The summed E-state index contributed by atoms with van der Waals surface area (Å²) in [6.07, 6.45) is -1.69. The predicted octanol–water partition coefficient (Wildman–Crippen LogP) is 2.60. The number of carbonyl (C=O) groups excluding carboxylic acids is 1. The minimum absolute atomic E-state index is 0.298. The first-order chi connectivity index (χ1) is 10.8. The normalized spacial score (nSPS) is 15.0. The van der Waals surface area contributed by atoms with Gasteiger partial charge in [0.2, 0.25) is 0 Å². The Labute approximate surface area is 134 Å². The van der Waals surface area contributed by atoms with E-state index in [0.29, 0.717) is 0 Å². The van der Waals surface area contributed by atoms with Gasteiger partial charge < -0.3 is 14.9 Å². The van der Waals surface area contributed by atoms with Gasteiger partial charge in [-0.05, 0) is 28.5 Å². The molecular formula is C18H20O5. The lowest BCUT2D eigenvalue weighted by Crippen LogP contribution is -2.34. The van der Waals surface area contributed by atoms with E-state index in [1.54, 1.807) is 14.0 Å². The number of hydrogen-bond acceptors (Lipinski definition) is 4. The van der Waals surface area contributed by atoms with Crippen LogP contribution in [0.1, 0.15) is 25.3 Å². The van der Waals surface area contributed by atoms with Crippen molar-refractivity contribution in [2.45, 2.75) is 25.9 Å². The fraction of sp³-hybridized carbons (Fsp3) is 0.333. The SMILES string of the molecule is COc1ccc2cc(C(C)C(=O)[C@H](C)[C@@H](O)C(=O)O)ccc2c1. The molecular weight excluding hydrogens is 296 g/mol. The number of aliphatic carboxylic acids is 1. The van der Waals surface area contributed by atoms with E-state index in [1.807, 2.05) is 36.4 Å². The van der Waals surface area contributed by atoms with Crippen LogP contribution in [0.4, 0.5) is 0 Å². The van der Waals surface area contributed by atoms with Crippen LogP contribution in [0.2, 0.25) is 0 Å². The quantitative estimate of drug-likeness (QED) is 0.856. The number of ketones is 1. The molecule has 0 spiro atoms. The number of aliphatic hydroxyl groups is 1. The summed E-state index contributed by atoms with van der Waals surface area (Å²) >= 11 is 0. The molecule has 0 saturated heterocycles. The van der Waals surface area contributed by atoms with Gasteiger partial charge in [0.15, 0.2) is 6.10 Å². The van der Waals surface area contributed by atoms with E-state index in [-0.39, 0.29) is 5.78 Å². The van der Waals surface area contributed by atoms with E-state index in [9.17, 15) is 14.7 Å². The van der Waals surface area contributed by atoms with Crippen molar-refractivity contribution in [2.24, 2.45) is 5.92 Å². The van der Waals surface area contributed by atoms with Gasteiger partial charge in [-0.15, -0.1) is 0 Å². The number of hydrogen-bond donors (Lipinski definition) is 2. The average Bonchev–Trinajstić information content (AvgIpc) is 2.57. The maximum Gasteiger partial charge on any atom is 0.333 e.